The quantitative estimate of drug-likeness (QED) is 0.481. The summed E-state index contributed by atoms with van der Waals surface area (Å²) in [5, 5.41) is 9.14. The van der Waals surface area contributed by atoms with Crippen LogP contribution < -0.4 is 16.0 Å². The van der Waals surface area contributed by atoms with Gasteiger partial charge in [0.2, 0.25) is 5.91 Å². The van der Waals surface area contributed by atoms with Gasteiger partial charge in [0.25, 0.3) is 5.91 Å². The zero-order valence-corrected chi connectivity index (χ0v) is 14.8. The smallest absolute Gasteiger partial charge is 0.252 e. The van der Waals surface area contributed by atoms with Crippen molar-refractivity contribution in [3.63, 3.8) is 0 Å². The molecule has 6 nitrogen and oxygen atoms in total. The summed E-state index contributed by atoms with van der Waals surface area (Å²) in [5.41, 5.74) is 0.623. The number of amides is 2. The minimum absolute atomic E-state index is 0.0660. The number of rotatable bonds is 8. The number of thioether (sulfide) groups is 1. The summed E-state index contributed by atoms with van der Waals surface area (Å²) in [5.74, 6) is 0.134. The molecule has 132 valence electrons. The fraction of sp³-hybridized carbons (Fsp3) is 0.529. The SMILES string of the molecule is COCCNC(=O)CSc1ccccc1C(=O)NC1CCCNC1. The highest BCUT2D eigenvalue weighted by molar-refractivity contribution is 8.00. The van der Waals surface area contributed by atoms with Crippen molar-refractivity contribution in [2.75, 3.05) is 39.1 Å². The first-order valence-electron chi connectivity index (χ1n) is 8.19. The van der Waals surface area contributed by atoms with Gasteiger partial charge in [-0.15, -0.1) is 11.8 Å². The standard InChI is InChI=1S/C17H25N3O3S/c1-23-10-9-19-16(21)12-24-15-7-3-2-6-14(15)17(22)20-13-5-4-8-18-11-13/h2-3,6-7,13,18H,4-5,8-12H2,1H3,(H,19,21)(H,20,22). The van der Waals surface area contributed by atoms with Gasteiger partial charge in [-0.3, -0.25) is 9.59 Å². The second-order valence-electron chi connectivity index (χ2n) is 5.64. The lowest BCUT2D eigenvalue weighted by molar-refractivity contribution is -0.118. The van der Waals surface area contributed by atoms with Crippen molar-refractivity contribution in [1.82, 2.24) is 16.0 Å². The van der Waals surface area contributed by atoms with Crippen molar-refractivity contribution in [3.8, 4) is 0 Å². The molecule has 1 unspecified atom stereocenters. The second-order valence-corrected chi connectivity index (χ2v) is 6.66. The van der Waals surface area contributed by atoms with E-state index in [0.29, 0.717) is 18.7 Å². The average molecular weight is 351 g/mol. The van der Waals surface area contributed by atoms with Crippen LogP contribution in [0.15, 0.2) is 29.2 Å². The molecule has 2 amide bonds. The normalized spacial score (nSPS) is 17.3. The Morgan fingerprint density at radius 2 is 2.21 bits per heavy atom. The molecule has 1 atom stereocenters. The Morgan fingerprint density at radius 3 is 2.96 bits per heavy atom. The molecule has 1 aromatic carbocycles. The van der Waals surface area contributed by atoms with Gasteiger partial charge in [-0.05, 0) is 31.5 Å². The molecule has 0 aromatic heterocycles. The highest BCUT2D eigenvalue weighted by atomic mass is 32.2. The zero-order valence-electron chi connectivity index (χ0n) is 14.0. The van der Waals surface area contributed by atoms with Crippen LogP contribution in [0.3, 0.4) is 0 Å². The Balaban J connectivity index is 1.89. The number of benzene rings is 1. The van der Waals surface area contributed by atoms with Crippen LogP contribution in [0, 0.1) is 0 Å². The maximum atomic E-state index is 12.5. The van der Waals surface area contributed by atoms with Crippen LogP contribution in [0.1, 0.15) is 23.2 Å². The first-order valence-corrected chi connectivity index (χ1v) is 9.18. The summed E-state index contributed by atoms with van der Waals surface area (Å²) in [6, 6.07) is 7.57. The average Bonchev–Trinajstić information content (AvgIpc) is 2.61. The number of ether oxygens (including phenoxy) is 1. The van der Waals surface area contributed by atoms with Crippen molar-refractivity contribution >= 4 is 23.6 Å². The lowest BCUT2D eigenvalue weighted by Crippen LogP contribution is -2.45. The van der Waals surface area contributed by atoms with E-state index >= 15 is 0 Å². The highest BCUT2D eigenvalue weighted by Crippen LogP contribution is 2.22. The van der Waals surface area contributed by atoms with Gasteiger partial charge in [0.05, 0.1) is 17.9 Å². The van der Waals surface area contributed by atoms with Crippen LogP contribution in [0.5, 0.6) is 0 Å². The molecule has 1 fully saturated rings. The molecule has 0 radical (unpaired) electrons. The van der Waals surface area contributed by atoms with Crippen LogP contribution in [-0.2, 0) is 9.53 Å². The number of piperidine rings is 1. The van der Waals surface area contributed by atoms with Crippen LogP contribution in [0.2, 0.25) is 0 Å². The molecule has 0 saturated carbocycles. The van der Waals surface area contributed by atoms with Crippen LogP contribution >= 0.6 is 11.8 Å². The van der Waals surface area contributed by atoms with Crippen molar-refractivity contribution in [2.45, 2.75) is 23.8 Å². The molecule has 0 aliphatic carbocycles. The summed E-state index contributed by atoms with van der Waals surface area (Å²) in [6.07, 6.45) is 2.07. The van der Waals surface area contributed by atoms with Crippen LogP contribution in [-0.4, -0.2) is 57.0 Å². The van der Waals surface area contributed by atoms with Crippen molar-refractivity contribution in [2.24, 2.45) is 0 Å². The van der Waals surface area contributed by atoms with E-state index in [0.717, 1.165) is 30.8 Å². The van der Waals surface area contributed by atoms with Crippen LogP contribution in [0.25, 0.3) is 0 Å². The monoisotopic (exact) mass is 351 g/mol. The summed E-state index contributed by atoms with van der Waals surface area (Å²) in [4.78, 5) is 25.1. The van der Waals surface area contributed by atoms with E-state index in [1.165, 1.54) is 11.8 Å². The predicted octanol–water partition coefficient (Wildman–Crippen LogP) is 1.02. The third-order valence-corrected chi connectivity index (χ3v) is 4.82. The summed E-state index contributed by atoms with van der Waals surface area (Å²) < 4.78 is 4.90. The molecule has 0 bridgehead atoms. The topological polar surface area (TPSA) is 79.5 Å². The number of methoxy groups -OCH3 is 1. The molecule has 3 N–H and O–H groups in total. The maximum Gasteiger partial charge on any atom is 0.252 e. The predicted molar refractivity (Wildman–Crippen MR) is 95.4 cm³/mol. The Labute approximate surface area is 147 Å². The van der Waals surface area contributed by atoms with Gasteiger partial charge in [0.1, 0.15) is 0 Å². The van der Waals surface area contributed by atoms with E-state index in [9.17, 15) is 9.59 Å². The van der Waals surface area contributed by atoms with Gasteiger partial charge in [0.15, 0.2) is 0 Å². The lowest BCUT2D eigenvalue weighted by atomic mass is 10.1. The Kier molecular flexibility index (Phi) is 8.07. The fourth-order valence-electron chi connectivity index (χ4n) is 2.51. The van der Waals surface area contributed by atoms with Gasteiger partial charge in [-0.25, -0.2) is 0 Å². The van der Waals surface area contributed by atoms with E-state index in [-0.39, 0.29) is 23.6 Å². The minimum Gasteiger partial charge on any atom is -0.383 e. The third kappa shape index (κ3) is 6.14. The molecule has 24 heavy (non-hydrogen) atoms. The van der Waals surface area contributed by atoms with Gasteiger partial charge >= 0.3 is 0 Å². The zero-order chi connectivity index (χ0) is 17.2. The molecule has 1 saturated heterocycles. The van der Waals surface area contributed by atoms with Gasteiger partial charge in [-0.2, -0.15) is 0 Å². The molecule has 2 rings (SSSR count). The molecule has 1 aliphatic rings. The molecule has 1 aliphatic heterocycles. The summed E-state index contributed by atoms with van der Waals surface area (Å²) >= 11 is 1.37. The number of hydrogen-bond donors (Lipinski definition) is 3. The third-order valence-electron chi connectivity index (χ3n) is 3.75. The molecular formula is C17H25N3O3S. The maximum absolute atomic E-state index is 12.5. The van der Waals surface area contributed by atoms with Gasteiger partial charge in [0, 0.05) is 31.1 Å². The lowest BCUT2D eigenvalue weighted by Gasteiger charge is -2.24. The number of carbonyl (C=O) groups is 2. The van der Waals surface area contributed by atoms with Crippen molar-refractivity contribution in [3.05, 3.63) is 29.8 Å². The molecule has 0 spiro atoms. The molecular weight excluding hydrogens is 326 g/mol. The van der Waals surface area contributed by atoms with Crippen LogP contribution in [0.4, 0.5) is 0 Å². The second kappa shape index (κ2) is 10.3. The van der Waals surface area contributed by atoms with E-state index in [1.807, 2.05) is 18.2 Å². The Bertz CT molecular complexity index is 548. The van der Waals surface area contributed by atoms with E-state index in [1.54, 1.807) is 13.2 Å². The van der Waals surface area contributed by atoms with E-state index < -0.39 is 0 Å². The number of nitrogens with one attached hydrogen (secondary N) is 3. The first kappa shape index (κ1) is 18.8. The van der Waals surface area contributed by atoms with E-state index in [4.69, 9.17) is 4.74 Å². The van der Waals surface area contributed by atoms with Crippen molar-refractivity contribution < 1.29 is 14.3 Å². The summed E-state index contributed by atoms with van der Waals surface area (Å²) in [7, 11) is 1.59. The number of hydrogen-bond acceptors (Lipinski definition) is 5. The first-order chi connectivity index (χ1) is 11.7. The summed E-state index contributed by atoms with van der Waals surface area (Å²) in [6.45, 7) is 2.80. The largest absolute Gasteiger partial charge is 0.383 e. The minimum atomic E-state index is -0.0772. The molecule has 1 aromatic rings. The number of carbonyl (C=O) groups excluding carboxylic acids is 2. The molecule has 7 heteroatoms. The van der Waals surface area contributed by atoms with Gasteiger partial charge < -0.3 is 20.7 Å². The Hall–Kier alpha value is -1.57. The fourth-order valence-corrected chi connectivity index (χ4v) is 3.38. The van der Waals surface area contributed by atoms with Crippen molar-refractivity contribution in [1.29, 1.82) is 0 Å². The van der Waals surface area contributed by atoms with Gasteiger partial charge in [-0.1, -0.05) is 12.1 Å². The van der Waals surface area contributed by atoms with E-state index in [2.05, 4.69) is 16.0 Å². The highest BCUT2D eigenvalue weighted by Gasteiger charge is 2.18. The Morgan fingerprint density at radius 1 is 1.38 bits per heavy atom. The molecule has 1 heterocycles.